The first-order valence-electron chi connectivity index (χ1n) is 3.91. The summed E-state index contributed by atoms with van der Waals surface area (Å²) in [5.41, 5.74) is 0. The maximum atomic E-state index is 6.03. The molecule has 0 amide bonds. The van der Waals surface area contributed by atoms with Gasteiger partial charge >= 0.3 is 0 Å². The van der Waals surface area contributed by atoms with Gasteiger partial charge in [-0.15, -0.1) is 0 Å². The molecule has 0 aromatic carbocycles. The van der Waals surface area contributed by atoms with Crippen molar-refractivity contribution in [1.29, 1.82) is 0 Å². The molecule has 0 aromatic rings. The van der Waals surface area contributed by atoms with Crippen LogP contribution < -0.4 is 36.5 Å². The number of nitrogens with two attached hydrogens (primary N) is 2. The molecule has 12 heavy (non-hydrogen) atoms. The number of hydrogen-bond donors (Lipinski definition) is 2. The van der Waals surface area contributed by atoms with E-state index in [0.717, 1.165) is 48.5 Å². The number of halogens is 2. The van der Waals surface area contributed by atoms with E-state index in [1.807, 2.05) is 0 Å². The standard InChI is InChI=1S/C6H16N4.2ClH/c7-9-1-2-10(8,5-3-9)6-4-9;;/h1-8H2;2*1H/q+2;;/p-2. The predicted octanol–water partition coefficient (Wildman–Crippen LogP) is -7.60. The minimum Gasteiger partial charge on any atom is -1.00 e. The van der Waals surface area contributed by atoms with Gasteiger partial charge in [0.25, 0.3) is 0 Å². The molecular formula is C6H16Cl2N4. The van der Waals surface area contributed by atoms with Crippen LogP contribution in [0.3, 0.4) is 0 Å². The molecule has 3 aliphatic rings. The minimum atomic E-state index is 0. The van der Waals surface area contributed by atoms with Gasteiger partial charge in [0.15, 0.2) is 0 Å². The zero-order valence-electron chi connectivity index (χ0n) is 7.05. The van der Waals surface area contributed by atoms with E-state index in [9.17, 15) is 0 Å². The molecule has 0 atom stereocenters. The summed E-state index contributed by atoms with van der Waals surface area (Å²) in [6, 6.07) is 0. The molecule has 3 saturated heterocycles. The molecule has 0 unspecified atom stereocenters. The highest BCUT2D eigenvalue weighted by Crippen LogP contribution is 2.17. The molecule has 0 spiro atoms. The van der Waals surface area contributed by atoms with Gasteiger partial charge < -0.3 is 24.8 Å². The van der Waals surface area contributed by atoms with Crippen LogP contribution in [0.25, 0.3) is 0 Å². The number of fused-ring (bicyclic) bond motifs is 3. The second kappa shape index (κ2) is 3.65. The van der Waals surface area contributed by atoms with Crippen molar-refractivity contribution >= 4 is 0 Å². The smallest absolute Gasteiger partial charge is 0.148 e. The molecule has 3 rings (SSSR count). The molecule has 0 saturated carbocycles. The zero-order chi connectivity index (χ0) is 7.24. The van der Waals surface area contributed by atoms with E-state index < -0.39 is 0 Å². The van der Waals surface area contributed by atoms with Gasteiger partial charge in [0, 0.05) is 0 Å². The van der Waals surface area contributed by atoms with Gasteiger partial charge in [-0.1, -0.05) is 0 Å². The second-order valence-corrected chi connectivity index (χ2v) is 3.78. The summed E-state index contributed by atoms with van der Waals surface area (Å²) in [5, 5.41) is 0. The van der Waals surface area contributed by atoms with Gasteiger partial charge in [0.2, 0.25) is 0 Å². The van der Waals surface area contributed by atoms with Gasteiger partial charge in [0.05, 0.1) is 0 Å². The molecule has 3 heterocycles. The average Bonchev–Trinajstić information content (AvgIpc) is 1.93. The topological polar surface area (TPSA) is 52.0 Å². The Balaban J connectivity index is 0.000000605. The number of piperazine rings is 3. The first-order valence-corrected chi connectivity index (χ1v) is 3.91. The Kier molecular flexibility index (Phi) is 3.78. The van der Waals surface area contributed by atoms with Crippen molar-refractivity contribution in [2.75, 3.05) is 39.3 Å². The quantitative estimate of drug-likeness (QED) is 0.311. The van der Waals surface area contributed by atoms with E-state index in [1.54, 1.807) is 0 Å². The zero-order valence-corrected chi connectivity index (χ0v) is 8.56. The highest BCUT2D eigenvalue weighted by atomic mass is 35.5. The van der Waals surface area contributed by atoms with Gasteiger partial charge in [-0.2, -0.15) is 11.7 Å². The molecular weight excluding hydrogens is 199 g/mol. The number of nitrogens with zero attached hydrogens (tertiary/aromatic N) is 2. The molecule has 6 heteroatoms. The summed E-state index contributed by atoms with van der Waals surface area (Å²) in [7, 11) is 0. The molecule has 3 aliphatic heterocycles. The Morgan fingerprint density at radius 2 is 0.750 bits per heavy atom. The predicted molar refractivity (Wildman–Crippen MR) is 38.1 cm³/mol. The van der Waals surface area contributed by atoms with Crippen molar-refractivity contribution in [2.45, 2.75) is 0 Å². The largest absolute Gasteiger partial charge is 1.00 e. The SMILES string of the molecule is N[N+]12CC[N+](N)(CC1)CC2.[Cl-].[Cl-]. The van der Waals surface area contributed by atoms with E-state index >= 15 is 0 Å². The maximum absolute atomic E-state index is 6.03. The van der Waals surface area contributed by atoms with Crippen LogP contribution in [-0.4, -0.2) is 48.5 Å². The monoisotopic (exact) mass is 214 g/mol. The van der Waals surface area contributed by atoms with Crippen molar-refractivity contribution < 1.29 is 34.0 Å². The summed E-state index contributed by atoms with van der Waals surface area (Å²) >= 11 is 0. The fraction of sp³-hybridized carbons (Fsp3) is 1.00. The Hall–Kier alpha value is 0.420. The fourth-order valence-electron chi connectivity index (χ4n) is 1.87. The Labute approximate surface area is 85.4 Å². The Morgan fingerprint density at radius 3 is 0.917 bits per heavy atom. The minimum absolute atomic E-state index is 0. The van der Waals surface area contributed by atoms with E-state index in [1.165, 1.54) is 0 Å². The number of hydrogen-bond acceptors (Lipinski definition) is 2. The molecule has 2 bridgehead atoms. The van der Waals surface area contributed by atoms with E-state index in [2.05, 4.69) is 0 Å². The number of quaternary nitrogens is 2. The number of rotatable bonds is 0. The van der Waals surface area contributed by atoms with Crippen LogP contribution in [-0.2, 0) is 0 Å². The van der Waals surface area contributed by atoms with Crippen LogP contribution in [0.2, 0.25) is 0 Å². The van der Waals surface area contributed by atoms with Gasteiger partial charge in [-0.25, -0.2) is 9.18 Å². The second-order valence-electron chi connectivity index (χ2n) is 3.78. The van der Waals surface area contributed by atoms with Crippen LogP contribution >= 0.6 is 0 Å². The van der Waals surface area contributed by atoms with Crippen LogP contribution in [0.4, 0.5) is 0 Å². The highest BCUT2D eigenvalue weighted by molar-refractivity contribution is 4.54. The molecule has 74 valence electrons. The molecule has 4 nitrogen and oxygen atoms in total. The Bertz CT molecular complexity index is 121. The van der Waals surface area contributed by atoms with Crippen LogP contribution in [0.1, 0.15) is 0 Å². The molecule has 3 fully saturated rings. The van der Waals surface area contributed by atoms with Crippen molar-refractivity contribution in [3.05, 3.63) is 0 Å². The fourth-order valence-corrected chi connectivity index (χ4v) is 1.87. The summed E-state index contributed by atoms with van der Waals surface area (Å²) in [5.74, 6) is 12.1. The lowest BCUT2D eigenvalue weighted by atomic mass is 10.2. The summed E-state index contributed by atoms with van der Waals surface area (Å²) < 4.78 is 1.55. The lowest BCUT2D eigenvalue weighted by Crippen LogP contribution is -3.00. The lowest BCUT2D eigenvalue weighted by molar-refractivity contribution is -1.09. The van der Waals surface area contributed by atoms with Gasteiger partial charge in [-0.05, 0) is 0 Å². The summed E-state index contributed by atoms with van der Waals surface area (Å²) in [6.45, 7) is 6.40. The molecule has 0 aliphatic carbocycles. The summed E-state index contributed by atoms with van der Waals surface area (Å²) in [4.78, 5) is 0. The van der Waals surface area contributed by atoms with Gasteiger partial charge in [0.1, 0.15) is 39.3 Å². The molecule has 4 N–H and O–H groups in total. The molecule has 0 radical (unpaired) electrons. The maximum Gasteiger partial charge on any atom is 0.148 e. The van der Waals surface area contributed by atoms with Crippen LogP contribution in [0.5, 0.6) is 0 Å². The Morgan fingerprint density at radius 1 is 0.583 bits per heavy atom. The first-order chi connectivity index (χ1) is 4.62. The lowest BCUT2D eigenvalue weighted by Gasteiger charge is -2.49. The van der Waals surface area contributed by atoms with Crippen molar-refractivity contribution in [3.8, 4) is 0 Å². The van der Waals surface area contributed by atoms with Crippen molar-refractivity contribution in [1.82, 2.24) is 0 Å². The third kappa shape index (κ3) is 2.02. The molecule has 0 aromatic heterocycles. The van der Waals surface area contributed by atoms with E-state index in [4.69, 9.17) is 11.7 Å². The first kappa shape index (κ1) is 12.4. The van der Waals surface area contributed by atoms with Crippen molar-refractivity contribution in [3.63, 3.8) is 0 Å². The third-order valence-corrected chi connectivity index (χ3v) is 2.97. The normalized spacial score (nSPS) is 44.5. The highest BCUT2D eigenvalue weighted by Gasteiger charge is 2.46. The van der Waals surface area contributed by atoms with E-state index in [-0.39, 0.29) is 24.8 Å². The van der Waals surface area contributed by atoms with Crippen LogP contribution in [0, 0.1) is 0 Å². The van der Waals surface area contributed by atoms with Gasteiger partial charge in [-0.3, -0.25) is 0 Å². The van der Waals surface area contributed by atoms with E-state index in [0.29, 0.717) is 0 Å². The average molecular weight is 215 g/mol. The third-order valence-electron chi connectivity index (χ3n) is 2.97. The van der Waals surface area contributed by atoms with Crippen molar-refractivity contribution in [2.24, 2.45) is 11.7 Å². The summed E-state index contributed by atoms with van der Waals surface area (Å²) in [6.07, 6.45) is 0. The van der Waals surface area contributed by atoms with Crippen LogP contribution in [0.15, 0.2) is 0 Å².